The number of benzene rings is 2. The lowest BCUT2D eigenvalue weighted by molar-refractivity contribution is -0.145. The van der Waals surface area contributed by atoms with E-state index in [1.165, 1.54) is 18.2 Å². The van der Waals surface area contributed by atoms with Gasteiger partial charge in [0.1, 0.15) is 16.5 Å². The third-order valence-corrected chi connectivity index (χ3v) is 5.74. The summed E-state index contributed by atoms with van der Waals surface area (Å²) in [6.07, 6.45) is 2.27. The van der Waals surface area contributed by atoms with Crippen LogP contribution in [0, 0.1) is 0 Å². The topological polar surface area (TPSA) is 76.1 Å². The molecule has 0 amide bonds. The van der Waals surface area contributed by atoms with Crippen molar-refractivity contribution >= 4 is 35.0 Å². The molecule has 6 nitrogen and oxygen atoms in total. The number of esters is 1. The number of halogens is 2. The van der Waals surface area contributed by atoms with Crippen LogP contribution in [0.2, 0.25) is 10.0 Å². The predicted octanol–water partition coefficient (Wildman–Crippen LogP) is 4.47. The molecule has 3 rings (SSSR count). The second-order valence-electron chi connectivity index (χ2n) is 6.99. The van der Waals surface area contributed by atoms with Gasteiger partial charge in [-0.15, -0.1) is 0 Å². The molecular weight excluding hydrogens is 429 g/mol. The number of phenolic OH excluding ortho intramolecular Hbond substituents is 1. The number of aromatic hydroxyl groups is 1. The second-order valence-corrected chi connectivity index (χ2v) is 7.74. The van der Waals surface area contributed by atoms with Gasteiger partial charge < -0.3 is 14.6 Å². The number of rotatable bonds is 8. The Labute approximate surface area is 185 Å². The Morgan fingerprint density at radius 1 is 1.10 bits per heavy atom. The monoisotopic (exact) mass is 451 g/mol. The molecule has 2 aromatic carbocycles. The Hall–Kier alpha value is -2.28. The minimum atomic E-state index is -0.528. The van der Waals surface area contributed by atoms with E-state index >= 15 is 0 Å². The van der Waals surface area contributed by atoms with Crippen molar-refractivity contribution < 1.29 is 24.2 Å². The highest BCUT2D eigenvalue weighted by Crippen LogP contribution is 2.36. The lowest BCUT2D eigenvalue weighted by atomic mass is 10.00. The quantitative estimate of drug-likeness (QED) is 0.471. The molecule has 0 atom stereocenters. The number of hydrogen-bond acceptors (Lipinski definition) is 6. The summed E-state index contributed by atoms with van der Waals surface area (Å²) in [6, 6.07) is 7.76. The Morgan fingerprint density at radius 2 is 1.83 bits per heavy atom. The van der Waals surface area contributed by atoms with Gasteiger partial charge in [-0.2, -0.15) is 0 Å². The number of carbonyl (C=O) groups is 2. The lowest BCUT2D eigenvalue weighted by Crippen LogP contribution is -2.18. The molecule has 8 heteroatoms. The van der Waals surface area contributed by atoms with Gasteiger partial charge in [-0.25, -0.2) is 4.79 Å². The van der Waals surface area contributed by atoms with Gasteiger partial charge in [-0.1, -0.05) is 23.2 Å². The molecule has 160 valence electrons. The van der Waals surface area contributed by atoms with Gasteiger partial charge in [0.25, 0.3) is 0 Å². The van der Waals surface area contributed by atoms with E-state index in [0.29, 0.717) is 17.7 Å². The molecule has 30 heavy (non-hydrogen) atoms. The first-order valence-electron chi connectivity index (χ1n) is 9.76. The maximum atomic E-state index is 13.0. The highest BCUT2D eigenvalue weighted by Gasteiger charge is 2.21. The van der Waals surface area contributed by atoms with Gasteiger partial charge in [-0.3, -0.25) is 9.69 Å². The Bertz CT molecular complexity index is 941. The molecule has 1 heterocycles. The molecule has 1 saturated heterocycles. The van der Waals surface area contributed by atoms with Crippen LogP contribution in [0.4, 0.5) is 0 Å². The molecule has 0 bridgehead atoms. The van der Waals surface area contributed by atoms with E-state index < -0.39 is 5.97 Å². The molecule has 1 aliphatic rings. The third kappa shape index (κ3) is 5.25. The van der Waals surface area contributed by atoms with Crippen LogP contribution in [0.25, 0.3) is 0 Å². The number of phenols is 1. The molecular formula is C22H23Cl2NO5. The number of hydrogen-bond donors (Lipinski definition) is 1. The van der Waals surface area contributed by atoms with Crippen LogP contribution < -0.4 is 4.74 Å². The molecule has 0 spiro atoms. The van der Waals surface area contributed by atoms with Crippen molar-refractivity contribution in [1.29, 1.82) is 0 Å². The Balaban J connectivity index is 1.79. The minimum absolute atomic E-state index is 0.0391. The molecule has 0 aromatic heterocycles. The molecule has 1 N–H and O–H groups in total. The summed E-state index contributed by atoms with van der Waals surface area (Å²) >= 11 is 12.6. The second kappa shape index (κ2) is 10.2. The van der Waals surface area contributed by atoms with Crippen LogP contribution in [0.3, 0.4) is 0 Å². The first-order chi connectivity index (χ1) is 14.4. The molecule has 0 radical (unpaired) electrons. The summed E-state index contributed by atoms with van der Waals surface area (Å²) in [5.41, 5.74) is 1.31. The predicted molar refractivity (Wildman–Crippen MR) is 115 cm³/mol. The fraction of sp³-hybridized carbons (Fsp3) is 0.364. The van der Waals surface area contributed by atoms with Crippen molar-refractivity contribution in [3.63, 3.8) is 0 Å². The number of likely N-dealkylation sites (tertiary alicyclic amines) is 1. The summed E-state index contributed by atoms with van der Waals surface area (Å²) in [7, 11) is 0. The van der Waals surface area contributed by atoms with Crippen LogP contribution in [0.15, 0.2) is 30.3 Å². The molecule has 0 unspecified atom stereocenters. The standard InChI is InChI=1S/C22H23Cl2NO5/c1-2-29-19(27)13-30-18-8-6-16(20(23)21(18)24)22(28)14-5-7-17(26)15(11-14)12-25-9-3-4-10-25/h5-8,11,26H,2-4,9-10,12-13H2,1H3. The van der Waals surface area contributed by atoms with E-state index in [9.17, 15) is 14.7 Å². The smallest absolute Gasteiger partial charge is 0.344 e. The summed E-state index contributed by atoms with van der Waals surface area (Å²) < 4.78 is 10.1. The van der Waals surface area contributed by atoms with Crippen LogP contribution in [0.1, 0.15) is 41.3 Å². The van der Waals surface area contributed by atoms with Gasteiger partial charge in [0.05, 0.1) is 11.6 Å². The van der Waals surface area contributed by atoms with Crippen LogP contribution in [-0.2, 0) is 16.1 Å². The summed E-state index contributed by atoms with van der Waals surface area (Å²) in [5, 5.41) is 10.3. The lowest BCUT2D eigenvalue weighted by Gasteiger charge is -2.16. The average Bonchev–Trinajstić information content (AvgIpc) is 3.23. The summed E-state index contributed by atoms with van der Waals surface area (Å²) in [5.74, 6) is -0.502. The van der Waals surface area contributed by atoms with Crippen molar-refractivity contribution in [1.82, 2.24) is 4.90 Å². The highest BCUT2D eigenvalue weighted by molar-refractivity contribution is 6.45. The van der Waals surface area contributed by atoms with Gasteiger partial charge >= 0.3 is 5.97 Å². The van der Waals surface area contributed by atoms with Crippen molar-refractivity contribution in [2.24, 2.45) is 0 Å². The van der Waals surface area contributed by atoms with Gasteiger partial charge in [0, 0.05) is 23.2 Å². The zero-order chi connectivity index (χ0) is 21.7. The molecule has 1 aliphatic heterocycles. The van der Waals surface area contributed by atoms with E-state index in [4.69, 9.17) is 32.7 Å². The molecule has 0 aliphatic carbocycles. The zero-order valence-corrected chi connectivity index (χ0v) is 18.1. The first kappa shape index (κ1) is 22.4. The fourth-order valence-electron chi connectivity index (χ4n) is 3.35. The van der Waals surface area contributed by atoms with Crippen molar-refractivity contribution in [3.8, 4) is 11.5 Å². The van der Waals surface area contributed by atoms with Crippen molar-refractivity contribution in [2.45, 2.75) is 26.3 Å². The average molecular weight is 452 g/mol. The van der Waals surface area contributed by atoms with E-state index in [1.807, 2.05) is 0 Å². The van der Waals surface area contributed by atoms with Gasteiger partial charge in [0.15, 0.2) is 12.4 Å². The minimum Gasteiger partial charge on any atom is -0.508 e. The number of ether oxygens (including phenoxy) is 2. The van der Waals surface area contributed by atoms with Crippen LogP contribution in [0.5, 0.6) is 11.5 Å². The summed E-state index contributed by atoms with van der Waals surface area (Å²) in [6.45, 7) is 4.17. The molecule has 1 fully saturated rings. The van der Waals surface area contributed by atoms with E-state index in [0.717, 1.165) is 25.9 Å². The maximum absolute atomic E-state index is 13.0. The highest BCUT2D eigenvalue weighted by atomic mass is 35.5. The number of carbonyl (C=O) groups excluding carboxylic acids is 2. The normalized spacial score (nSPS) is 14.0. The fourth-order valence-corrected chi connectivity index (χ4v) is 3.81. The number of nitrogens with zero attached hydrogens (tertiary/aromatic N) is 1. The van der Waals surface area contributed by atoms with Gasteiger partial charge in [-0.05, 0) is 63.2 Å². The molecule has 0 saturated carbocycles. The first-order valence-corrected chi connectivity index (χ1v) is 10.5. The largest absolute Gasteiger partial charge is 0.508 e. The zero-order valence-electron chi connectivity index (χ0n) is 16.6. The van der Waals surface area contributed by atoms with E-state index in [-0.39, 0.29) is 46.1 Å². The van der Waals surface area contributed by atoms with Crippen LogP contribution >= 0.6 is 23.2 Å². The number of ketones is 1. The Kier molecular flexibility index (Phi) is 7.58. The van der Waals surface area contributed by atoms with E-state index in [1.54, 1.807) is 19.1 Å². The summed E-state index contributed by atoms with van der Waals surface area (Å²) in [4.78, 5) is 26.7. The SMILES string of the molecule is CCOC(=O)COc1ccc(C(=O)c2ccc(O)c(CN3CCCC3)c2)c(Cl)c1Cl. The van der Waals surface area contributed by atoms with Crippen molar-refractivity contribution in [2.75, 3.05) is 26.3 Å². The third-order valence-electron chi connectivity index (χ3n) is 4.88. The van der Waals surface area contributed by atoms with E-state index in [2.05, 4.69) is 4.90 Å². The maximum Gasteiger partial charge on any atom is 0.344 e. The molecule has 2 aromatic rings. The van der Waals surface area contributed by atoms with Crippen LogP contribution in [-0.4, -0.2) is 48.1 Å². The Morgan fingerprint density at radius 3 is 2.53 bits per heavy atom. The van der Waals surface area contributed by atoms with Crippen molar-refractivity contribution in [3.05, 3.63) is 57.1 Å². The van der Waals surface area contributed by atoms with Gasteiger partial charge in [0.2, 0.25) is 0 Å².